The van der Waals surface area contributed by atoms with Crippen LogP contribution < -0.4 is 34.6 Å². The molecule has 0 aliphatic carbocycles. The quantitative estimate of drug-likeness (QED) is 0.416. The van der Waals surface area contributed by atoms with Gasteiger partial charge < -0.3 is 34.6 Å². The maximum atomic E-state index is 12.2. The van der Waals surface area contributed by atoms with E-state index in [4.69, 9.17) is 0 Å². The molecule has 1 heterocycles. The predicted octanol–water partition coefficient (Wildman–Crippen LogP) is -5.68. The smallest absolute Gasteiger partial charge is 0.168 e. The zero-order valence-corrected chi connectivity index (χ0v) is 17.5. The lowest BCUT2D eigenvalue weighted by atomic mass is 10.1. The summed E-state index contributed by atoms with van der Waals surface area (Å²) in [6.07, 6.45) is 1.22. The molecular weight excluding hydrogens is 395 g/mol. The van der Waals surface area contributed by atoms with Gasteiger partial charge >= 0.3 is 0 Å². The molecule has 2 N–H and O–H groups in total. The van der Waals surface area contributed by atoms with Crippen LogP contribution in [0, 0.1) is 0 Å². The minimum atomic E-state index is 0. The molecule has 0 unspecified atom stereocenters. The lowest BCUT2D eigenvalue weighted by molar-refractivity contribution is -1.01. The largest absolute Gasteiger partial charge is 1.00 e. The van der Waals surface area contributed by atoms with E-state index in [2.05, 4.69) is 0 Å². The first kappa shape index (κ1) is 24.3. The molecule has 0 radical (unpaired) electrons. The second-order valence-electron chi connectivity index (χ2n) is 7.08. The number of hydrogen-bond acceptors (Lipinski definition) is 2. The van der Waals surface area contributed by atoms with Gasteiger partial charge in [-0.25, -0.2) is 0 Å². The number of Topliss-reactive ketones (excluding diaryl/α,β-unsaturated/α-hetero) is 2. The van der Waals surface area contributed by atoms with Gasteiger partial charge in [-0.1, -0.05) is 60.7 Å². The predicted molar refractivity (Wildman–Crippen MR) is 102 cm³/mol. The lowest BCUT2D eigenvalue weighted by Gasteiger charge is -2.29. The number of carbonyl (C=O) groups is 2. The zero-order chi connectivity index (χ0) is 18.2. The second-order valence-corrected chi connectivity index (χ2v) is 7.08. The number of benzene rings is 2. The van der Waals surface area contributed by atoms with Gasteiger partial charge in [0, 0.05) is 11.1 Å². The number of carbonyl (C=O) groups excluding carboxylic acids is 2. The van der Waals surface area contributed by atoms with Crippen LogP contribution in [-0.2, 0) is 0 Å². The van der Waals surface area contributed by atoms with Crippen LogP contribution >= 0.6 is 0 Å². The van der Waals surface area contributed by atoms with E-state index < -0.39 is 0 Å². The van der Waals surface area contributed by atoms with Crippen LogP contribution in [0.4, 0.5) is 0 Å². The number of ketones is 2. The van der Waals surface area contributed by atoms with E-state index in [9.17, 15) is 9.59 Å². The summed E-state index contributed by atoms with van der Waals surface area (Å²) in [5.41, 5.74) is 1.63. The maximum Gasteiger partial charge on any atom is 0.168 e. The van der Waals surface area contributed by atoms with E-state index in [0.29, 0.717) is 12.8 Å². The van der Waals surface area contributed by atoms with Crippen LogP contribution in [0.1, 0.15) is 33.6 Å². The lowest BCUT2D eigenvalue weighted by Crippen LogP contribution is -3.28. The molecule has 1 fully saturated rings. The summed E-state index contributed by atoms with van der Waals surface area (Å²) in [7, 11) is 0. The Hall–Kier alpha value is -1.72. The summed E-state index contributed by atoms with van der Waals surface area (Å²) in [6, 6.07) is 19.1. The molecule has 3 rings (SSSR count). The Morgan fingerprint density at radius 3 is 1.25 bits per heavy atom. The number of hydrogen-bond donors (Lipinski definition) is 2. The Kier molecular flexibility index (Phi) is 11.0. The molecule has 152 valence electrons. The van der Waals surface area contributed by atoms with Crippen molar-refractivity contribution in [3.8, 4) is 0 Å². The van der Waals surface area contributed by atoms with Crippen molar-refractivity contribution in [2.75, 3.05) is 39.3 Å². The Bertz CT molecular complexity index is 654. The molecular formula is C22H28Cl2N2O2. The fraction of sp³-hybridized carbons (Fsp3) is 0.364. The number of halogens is 2. The molecule has 2 aromatic rings. The molecule has 28 heavy (non-hydrogen) atoms. The maximum absolute atomic E-state index is 12.2. The molecule has 0 spiro atoms. The molecule has 1 aliphatic heterocycles. The van der Waals surface area contributed by atoms with Crippen molar-refractivity contribution < 1.29 is 44.2 Å². The van der Waals surface area contributed by atoms with Crippen LogP contribution in [0.2, 0.25) is 0 Å². The summed E-state index contributed by atoms with van der Waals surface area (Å²) in [6.45, 7) is 6.13. The summed E-state index contributed by atoms with van der Waals surface area (Å²) in [5.74, 6) is 0.475. The highest BCUT2D eigenvalue weighted by molar-refractivity contribution is 5.96. The molecule has 0 bridgehead atoms. The van der Waals surface area contributed by atoms with E-state index in [-0.39, 0.29) is 36.4 Å². The Morgan fingerprint density at radius 1 is 0.607 bits per heavy atom. The summed E-state index contributed by atoms with van der Waals surface area (Å²) in [5, 5.41) is 0. The van der Waals surface area contributed by atoms with E-state index in [1.165, 1.54) is 9.80 Å². The van der Waals surface area contributed by atoms with Crippen molar-refractivity contribution in [2.24, 2.45) is 0 Å². The Morgan fingerprint density at radius 2 is 0.929 bits per heavy atom. The van der Waals surface area contributed by atoms with Crippen LogP contribution in [0.25, 0.3) is 0 Å². The average Bonchev–Trinajstić information content (AvgIpc) is 2.72. The SMILES string of the molecule is O=C(CC[NH+]1CC[NH+](CCC(=O)c2ccccc2)CC1)c1ccccc1.[Cl-].[Cl-]. The molecule has 4 nitrogen and oxygen atoms in total. The van der Waals surface area contributed by atoms with Crippen molar-refractivity contribution in [2.45, 2.75) is 12.8 Å². The Labute approximate surface area is 179 Å². The average molecular weight is 423 g/mol. The van der Waals surface area contributed by atoms with Crippen LogP contribution in [0.3, 0.4) is 0 Å². The highest BCUT2D eigenvalue weighted by Gasteiger charge is 2.24. The topological polar surface area (TPSA) is 43.0 Å². The van der Waals surface area contributed by atoms with Crippen LogP contribution in [0.15, 0.2) is 60.7 Å². The summed E-state index contributed by atoms with van der Waals surface area (Å²) < 4.78 is 0. The van der Waals surface area contributed by atoms with E-state index in [1.54, 1.807) is 0 Å². The highest BCUT2D eigenvalue weighted by Crippen LogP contribution is 2.02. The molecule has 0 saturated carbocycles. The van der Waals surface area contributed by atoms with Gasteiger partial charge in [0.05, 0.1) is 25.9 Å². The monoisotopic (exact) mass is 422 g/mol. The minimum Gasteiger partial charge on any atom is -1.00 e. The number of rotatable bonds is 8. The van der Waals surface area contributed by atoms with Crippen molar-refractivity contribution in [3.05, 3.63) is 71.8 Å². The first-order valence-corrected chi connectivity index (χ1v) is 9.56. The third kappa shape index (κ3) is 7.36. The van der Waals surface area contributed by atoms with Crippen LogP contribution in [0.5, 0.6) is 0 Å². The standard InChI is InChI=1S/C22H26N2O2.2ClH/c25-21(19-7-3-1-4-8-19)11-13-23-15-17-24(18-16-23)14-12-22(26)20-9-5-2-6-10-20;;/h1-10H,11-18H2;2*1H. The fourth-order valence-corrected chi connectivity index (χ4v) is 3.57. The van der Waals surface area contributed by atoms with E-state index in [0.717, 1.165) is 50.4 Å². The van der Waals surface area contributed by atoms with Gasteiger partial charge in [-0.2, -0.15) is 0 Å². The Balaban J connectivity index is 0.00000196. The van der Waals surface area contributed by atoms with Crippen LogP contribution in [-0.4, -0.2) is 50.8 Å². The van der Waals surface area contributed by atoms with Crippen molar-refractivity contribution in [1.29, 1.82) is 0 Å². The highest BCUT2D eigenvalue weighted by atomic mass is 35.5. The van der Waals surface area contributed by atoms with Gasteiger partial charge in [0.15, 0.2) is 11.6 Å². The first-order chi connectivity index (χ1) is 12.7. The van der Waals surface area contributed by atoms with E-state index in [1.807, 2.05) is 60.7 Å². The van der Waals surface area contributed by atoms with E-state index >= 15 is 0 Å². The third-order valence-electron chi connectivity index (χ3n) is 5.27. The fourth-order valence-electron chi connectivity index (χ4n) is 3.57. The number of quaternary nitrogens is 2. The van der Waals surface area contributed by atoms with Gasteiger partial charge in [0.2, 0.25) is 0 Å². The normalized spacial score (nSPS) is 18.4. The van der Waals surface area contributed by atoms with Gasteiger partial charge in [-0.15, -0.1) is 0 Å². The molecule has 0 aromatic heterocycles. The minimum absolute atomic E-state index is 0. The molecule has 2 aromatic carbocycles. The van der Waals surface area contributed by atoms with Crippen molar-refractivity contribution >= 4 is 11.6 Å². The summed E-state index contributed by atoms with van der Waals surface area (Å²) in [4.78, 5) is 27.4. The van der Waals surface area contributed by atoms with Gasteiger partial charge in [0.1, 0.15) is 26.2 Å². The summed E-state index contributed by atoms with van der Waals surface area (Å²) >= 11 is 0. The third-order valence-corrected chi connectivity index (χ3v) is 5.27. The molecule has 0 amide bonds. The van der Waals surface area contributed by atoms with Gasteiger partial charge in [0.25, 0.3) is 0 Å². The van der Waals surface area contributed by atoms with Crippen molar-refractivity contribution in [1.82, 2.24) is 0 Å². The number of nitrogens with one attached hydrogen (secondary N) is 2. The second kappa shape index (κ2) is 12.7. The zero-order valence-electron chi connectivity index (χ0n) is 16.0. The van der Waals surface area contributed by atoms with Gasteiger partial charge in [-0.3, -0.25) is 9.59 Å². The van der Waals surface area contributed by atoms with Crippen molar-refractivity contribution in [3.63, 3.8) is 0 Å². The van der Waals surface area contributed by atoms with Gasteiger partial charge in [-0.05, 0) is 0 Å². The molecule has 1 saturated heterocycles. The molecule has 1 aliphatic rings. The number of piperazine rings is 1. The first-order valence-electron chi connectivity index (χ1n) is 9.56. The molecule has 0 atom stereocenters. The molecule has 6 heteroatoms.